The van der Waals surface area contributed by atoms with Crippen molar-refractivity contribution in [2.45, 2.75) is 37.6 Å². The Morgan fingerprint density at radius 1 is 1.16 bits per heavy atom. The predicted molar refractivity (Wildman–Crippen MR) is 125 cm³/mol. The second kappa shape index (κ2) is 9.05. The van der Waals surface area contributed by atoms with Crippen LogP contribution in [0.5, 0.6) is 5.75 Å². The number of nitrogens with zero attached hydrogens (tertiary/aromatic N) is 2. The van der Waals surface area contributed by atoms with Crippen LogP contribution in [0.4, 0.5) is 5.69 Å². The highest BCUT2D eigenvalue weighted by molar-refractivity contribution is 7.89. The smallest absolute Gasteiger partial charge is 0.308 e. The minimum atomic E-state index is -3.55. The van der Waals surface area contributed by atoms with Crippen molar-refractivity contribution in [2.75, 3.05) is 25.5 Å². The van der Waals surface area contributed by atoms with E-state index in [2.05, 4.69) is 5.32 Å². The molecule has 0 radical (unpaired) electrons. The average Bonchev–Trinajstić information content (AvgIpc) is 3.40. The van der Waals surface area contributed by atoms with Crippen LogP contribution in [0, 0.1) is 6.92 Å². The molecule has 1 aromatic heterocycles. The van der Waals surface area contributed by atoms with E-state index < -0.39 is 10.0 Å². The summed E-state index contributed by atoms with van der Waals surface area (Å²) < 4.78 is 34.5. The maximum absolute atomic E-state index is 12.8. The highest BCUT2D eigenvalue weighted by Gasteiger charge is 2.27. The van der Waals surface area contributed by atoms with Crippen LogP contribution in [0.1, 0.15) is 24.8 Å². The second-order valence-electron chi connectivity index (χ2n) is 7.76. The van der Waals surface area contributed by atoms with Gasteiger partial charge in [0.2, 0.25) is 15.9 Å². The number of benzene rings is 2. The fourth-order valence-electron chi connectivity index (χ4n) is 3.84. The lowest BCUT2D eigenvalue weighted by Crippen LogP contribution is -2.27. The molecule has 0 saturated carbocycles. The molecule has 8 nitrogen and oxygen atoms in total. The molecule has 2 aromatic carbocycles. The van der Waals surface area contributed by atoms with E-state index in [0.717, 1.165) is 29.7 Å². The summed E-state index contributed by atoms with van der Waals surface area (Å²) in [5, 5.41) is 2.83. The molecule has 0 atom stereocenters. The van der Waals surface area contributed by atoms with Crippen LogP contribution in [0.2, 0.25) is 0 Å². The number of aryl methyl sites for hydroxylation is 2. The molecule has 1 N–H and O–H groups in total. The van der Waals surface area contributed by atoms with Crippen molar-refractivity contribution >= 4 is 43.2 Å². The first-order valence-electron chi connectivity index (χ1n) is 10.4. The number of methoxy groups -OCH3 is 1. The number of amides is 1. The van der Waals surface area contributed by atoms with Gasteiger partial charge in [0.25, 0.3) is 0 Å². The quantitative estimate of drug-likeness (QED) is 0.566. The highest BCUT2D eigenvalue weighted by Crippen LogP contribution is 2.27. The Kier molecular flexibility index (Phi) is 6.36. The highest BCUT2D eigenvalue weighted by atomic mass is 32.2. The molecule has 1 saturated heterocycles. The number of aromatic nitrogens is 1. The summed E-state index contributed by atoms with van der Waals surface area (Å²) in [6.07, 6.45) is 1.82. The van der Waals surface area contributed by atoms with Crippen molar-refractivity contribution in [3.63, 3.8) is 0 Å². The van der Waals surface area contributed by atoms with Crippen LogP contribution in [-0.2, 0) is 21.4 Å². The third kappa shape index (κ3) is 4.43. The molecule has 170 valence electrons. The van der Waals surface area contributed by atoms with E-state index in [9.17, 15) is 18.0 Å². The van der Waals surface area contributed by atoms with Crippen LogP contribution < -0.4 is 14.9 Å². The van der Waals surface area contributed by atoms with Gasteiger partial charge in [-0.25, -0.2) is 8.42 Å². The standard InChI is InChI=1S/C22H25N3O5S2/c1-15-5-8-19(30-2)17(13-15)23-21(26)9-12-25-18-7-6-16(14-20(18)31-22(25)27)32(28,29)24-10-3-4-11-24/h5-8,13-14H,3-4,9-12H2,1-2H3,(H,23,26). The summed E-state index contributed by atoms with van der Waals surface area (Å²) in [5.41, 5.74) is 2.19. The molecule has 0 spiro atoms. The molecular formula is C22H25N3O5S2. The fraction of sp³-hybridized carbons (Fsp3) is 0.364. The van der Waals surface area contributed by atoms with Gasteiger partial charge in [-0.15, -0.1) is 0 Å². The summed E-state index contributed by atoms with van der Waals surface area (Å²) in [6.45, 7) is 3.16. The largest absolute Gasteiger partial charge is 0.495 e. The Labute approximate surface area is 190 Å². The van der Waals surface area contributed by atoms with Crippen molar-refractivity contribution in [1.29, 1.82) is 0 Å². The summed E-state index contributed by atoms with van der Waals surface area (Å²) in [4.78, 5) is 25.0. The Hall–Kier alpha value is -2.69. The van der Waals surface area contributed by atoms with Gasteiger partial charge in [-0.3, -0.25) is 14.2 Å². The first-order chi connectivity index (χ1) is 15.3. The second-order valence-corrected chi connectivity index (χ2v) is 10.7. The van der Waals surface area contributed by atoms with Crippen LogP contribution in [0.15, 0.2) is 46.1 Å². The van der Waals surface area contributed by atoms with Crippen LogP contribution in [-0.4, -0.2) is 43.4 Å². The average molecular weight is 476 g/mol. The number of thiazole rings is 1. The maximum atomic E-state index is 12.8. The van der Waals surface area contributed by atoms with E-state index >= 15 is 0 Å². The van der Waals surface area contributed by atoms with Crippen LogP contribution in [0.25, 0.3) is 10.2 Å². The molecule has 32 heavy (non-hydrogen) atoms. The van der Waals surface area contributed by atoms with Gasteiger partial charge in [-0.2, -0.15) is 4.31 Å². The van der Waals surface area contributed by atoms with E-state index in [-0.39, 0.29) is 28.6 Å². The molecule has 3 aromatic rings. The van der Waals surface area contributed by atoms with Crippen molar-refractivity contribution in [2.24, 2.45) is 0 Å². The molecule has 2 heterocycles. The zero-order chi connectivity index (χ0) is 22.9. The minimum absolute atomic E-state index is 0.0939. The van der Waals surface area contributed by atoms with Gasteiger partial charge in [0.05, 0.1) is 27.9 Å². The van der Waals surface area contributed by atoms with Gasteiger partial charge in [0.15, 0.2) is 0 Å². The van der Waals surface area contributed by atoms with Crippen molar-refractivity contribution in [1.82, 2.24) is 8.87 Å². The number of nitrogens with one attached hydrogen (secondary N) is 1. The molecular weight excluding hydrogens is 450 g/mol. The number of hydrogen-bond acceptors (Lipinski definition) is 6. The van der Waals surface area contributed by atoms with Crippen LogP contribution >= 0.6 is 11.3 Å². The Morgan fingerprint density at radius 2 is 1.91 bits per heavy atom. The topological polar surface area (TPSA) is 97.7 Å². The minimum Gasteiger partial charge on any atom is -0.495 e. The summed E-state index contributed by atoms with van der Waals surface area (Å²) in [5.74, 6) is 0.322. The number of anilines is 1. The van der Waals surface area contributed by atoms with E-state index in [1.54, 1.807) is 18.2 Å². The SMILES string of the molecule is COc1ccc(C)cc1NC(=O)CCn1c(=O)sc2cc(S(=O)(=O)N3CCCC3)ccc21. The molecule has 1 amide bonds. The Bertz CT molecular complexity index is 1320. The predicted octanol–water partition coefficient (Wildman–Crippen LogP) is 3.19. The fourth-order valence-corrected chi connectivity index (χ4v) is 6.42. The van der Waals surface area contributed by atoms with Gasteiger partial charge < -0.3 is 10.1 Å². The van der Waals surface area contributed by atoms with Gasteiger partial charge >= 0.3 is 4.87 Å². The molecule has 0 unspecified atom stereocenters. The number of carbonyl (C=O) groups excluding carboxylic acids is 1. The molecule has 1 fully saturated rings. The number of ether oxygens (including phenoxy) is 1. The third-order valence-corrected chi connectivity index (χ3v) is 8.37. The first-order valence-corrected chi connectivity index (χ1v) is 12.6. The molecule has 1 aliphatic heterocycles. The van der Waals surface area contributed by atoms with Gasteiger partial charge in [-0.05, 0) is 55.7 Å². The number of hydrogen-bond donors (Lipinski definition) is 1. The number of carbonyl (C=O) groups is 1. The zero-order valence-corrected chi connectivity index (χ0v) is 19.6. The van der Waals surface area contributed by atoms with Crippen molar-refractivity contribution < 1.29 is 17.9 Å². The lowest BCUT2D eigenvalue weighted by atomic mass is 10.2. The molecule has 1 aliphatic rings. The summed E-state index contributed by atoms with van der Waals surface area (Å²) in [7, 11) is -2.01. The van der Waals surface area contributed by atoms with E-state index in [4.69, 9.17) is 4.74 Å². The lowest BCUT2D eigenvalue weighted by Gasteiger charge is -2.15. The maximum Gasteiger partial charge on any atom is 0.308 e. The monoisotopic (exact) mass is 475 g/mol. The van der Waals surface area contributed by atoms with E-state index in [1.807, 2.05) is 19.1 Å². The number of fused-ring (bicyclic) bond motifs is 1. The third-order valence-electron chi connectivity index (χ3n) is 5.53. The molecule has 4 rings (SSSR count). The number of rotatable bonds is 7. The molecule has 0 aliphatic carbocycles. The zero-order valence-electron chi connectivity index (χ0n) is 18.0. The van der Waals surface area contributed by atoms with Gasteiger partial charge in [0, 0.05) is 26.1 Å². The summed E-state index contributed by atoms with van der Waals surface area (Å²) in [6, 6.07) is 10.3. The normalized spacial score (nSPS) is 14.7. The Balaban J connectivity index is 1.51. The van der Waals surface area contributed by atoms with E-state index in [1.165, 1.54) is 22.0 Å². The lowest BCUT2D eigenvalue weighted by molar-refractivity contribution is -0.116. The van der Waals surface area contributed by atoms with E-state index in [0.29, 0.717) is 34.7 Å². The summed E-state index contributed by atoms with van der Waals surface area (Å²) >= 11 is 0.988. The van der Waals surface area contributed by atoms with Crippen LogP contribution in [0.3, 0.4) is 0 Å². The molecule has 10 heteroatoms. The number of sulfonamides is 1. The Morgan fingerprint density at radius 3 is 2.62 bits per heavy atom. The van der Waals surface area contributed by atoms with Crippen molar-refractivity contribution in [3.05, 3.63) is 51.6 Å². The van der Waals surface area contributed by atoms with Gasteiger partial charge in [0.1, 0.15) is 5.75 Å². The molecule has 0 bridgehead atoms. The first kappa shape index (κ1) is 22.5. The van der Waals surface area contributed by atoms with Crippen molar-refractivity contribution in [3.8, 4) is 5.75 Å². The van der Waals surface area contributed by atoms with Gasteiger partial charge in [-0.1, -0.05) is 17.4 Å².